The van der Waals surface area contributed by atoms with Gasteiger partial charge < -0.3 is 9.32 Å². The standard InChI is InChI=1S/C49H35NOS/c1-32-8-7-12-46-49(32)44-31-37(20-28-45(44)51-46)35-16-24-40(25-17-35)50(39-22-14-34(15-23-39)33-9-3-2-4-10-33)41-26-18-36(19-27-41)38-21-29-48-43(30-38)42-11-5-6-13-47(42)52-48/h2-7,9-32H,8H2,1H3. The summed E-state index contributed by atoms with van der Waals surface area (Å²) in [6.07, 6.45) is 5.39. The molecule has 248 valence electrons. The van der Waals surface area contributed by atoms with Crippen LogP contribution in [-0.4, -0.2) is 0 Å². The van der Waals surface area contributed by atoms with Gasteiger partial charge in [0.1, 0.15) is 11.3 Å². The molecule has 0 spiro atoms. The molecule has 2 nitrogen and oxygen atoms in total. The molecule has 0 amide bonds. The number of benzene rings is 7. The summed E-state index contributed by atoms with van der Waals surface area (Å²) in [6.45, 7) is 2.29. The zero-order valence-corrected chi connectivity index (χ0v) is 29.6. The van der Waals surface area contributed by atoms with Crippen LogP contribution in [0.2, 0.25) is 0 Å². The summed E-state index contributed by atoms with van der Waals surface area (Å²) in [5.41, 5.74) is 12.8. The molecule has 0 bridgehead atoms. The number of thiophene rings is 1. The highest BCUT2D eigenvalue weighted by Gasteiger charge is 2.21. The Bertz CT molecular complexity index is 2750. The van der Waals surface area contributed by atoms with Crippen LogP contribution in [0.1, 0.15) is 30.6 Å². The molecule has 1 aliphatic rings. The van der Waals surface area contributed by atoms with E-state index >= 15 is 0 Å². The fraction of sp³-hybridized carbons (Fsp3) is 0.0612. The Labute approximate surface area is 307 Å². The van der Waals surface area contributed by atoms with Crippen molar-refractivity contribution < 1.29 is 4.42 Å². The largest absolute Gasteiger partial charge is 0.456 e. The van der Waals surface area contributed by atoms with Gasteiger partial charge in [-0.15, -0.1) is 11.3 Å². The Morgan fingerprint density at radius 1 is 0.500 bits per heavy atom. The Kier molecular flexibility index (Phi) is 7.40. The molecular weight excluding hydrogens is 651 g/mol. The highest BCUT2D eigenvalue weighted by atomic mass is 32.1. The van der Waals surface area contributed by atoms with Crippen molar-refractivity contribution in [1.29, 1.82) is 0 Å². The van der Waals surface area contributed by atoms with Gasteiger partial charge in [0, 0.05) is 48.2 Å². The van der Waals surface area contributed by atoms with E-state index in [1.165, 1.54) is 64.5 Å². The third kappa shape index (κ3) is 5.33. The minimum absolute atomic E-state index is 0.450. The van der Waals surface area contributed by atoms with Crippen molar-refractivity contribution in [2.75, 3.05) is 4.90 Å². The van der Waals surface area contributed by atoms with E-state index in [1.807, 2.05) is 11.3 Å². The maximum Gasteiger partial charge on any atom is 0.135 e. The lowest BCUT2D eigenvalue weighted by molar-refractivity contribution is 0.586. The first-order valence-electron chi connectivity index (χ1n) is 18.0. The number of furan rings is 1. The summed E-state index contributed by atoms with van der Waals surface area (Å²) in [6, 6.07) is 59.6. The summed E-state index contributed by atoms with van der Waals surface area (Å²) >= 11 is 1.86. The number of rotatable bonds is 6. The second-order valence-corrected chi connectivity index (χ2v) is 14.9. The molecule has 2 heterocycles. The van der Waals surface area contributed by atoms with Crippen LogP contribution in [0, 0.1) is 0 Å². The molecule has 0 N–H and O–H groups in total. The van der Waals surface area contributed by atoms with Crippen molar-refractivity contribution in [3.8, 4) is 33.4 Å². The molecule has 0 saturated carbocycles. The number of allylic oxidation sites excluding steroid dienone is 1. The van der Waals surface area contributed by atoms with Gasteiger partial charge in [0.15, 0.2) is 0 Å². The van der Waals surface area contributed by atoms with Gasteiger partial charge in [-0.25, -0.2) is 0 Å². The van der Waals surface area contributed by atoms with E-state index in [1.54, 1.807) is 0 Å². The molecule has 1 atom stereocenters. The molecule has 2 aromatic heterocycles. The molecule has 9 aromatic rings. The predicted molar refractivity (Wildman–Crippen MR) is 222 cm³/mol. The summed E-state index contributed by atoms with van der Waals surface area (Å²) in [7, 11) is 0. The Balaban J connectivity index is 1.02. The fourth-order valence-corrected chi connectivity index (χ4v) is 8.92. The minimum Gasteiger partial charge on any atom is -0.456 e. The summed E-state index contributed by atoms with van der Waals surface area (Å²) in [4.78, 5) is 2.35. The van der Waals surface area contributed by atoms with Crippen LogP contribution >= 0.6 is 11.3 Å². The van der Waals surface area contributed by atoms with Crippen LogP contribution in [0.25, 0.3) is 70.6 Å². The first-order valence-corrected chi connectivity index (χ1v) is 18.8. The quantitative estimate of drug-likeness (QED) is 0.173. The van der Waals surface area contributed by atoms with Crippen LogP contribution in [-0.2, 0) is 0 Å². The van der Waals surface area contributed by atoms with Crippen molar-refractivity contribution in [1.82, 2.24) is 0 Å². The molecule has 0 aliphatic heterocycles. The number of fused-ring (bicyclic) bond motifs is 6. The van der Waals surface area contributed by atoms with E-state index in [0.717, 1.165) is 34.8 Å². The van der Waals surface area contributed by atoms with Gasteiger partial charge in [0.25, 0.3) is 0 Å². The smallest absolute Gasteiger partial charge is 0.135 e. The molecule has 52 heavy (non-hydrogen) atoms. The average Bonchev–Trinajstić information content (AvgIpc) is 3.78. The topological polar surface area (TPSA) is 16.4 Å². The van der Waals surface area contributed by atoms with E-state index in [2.05, 4.69) is 188 Å². The van der Waals surface area contributed by atoms with E-state index in [9.17, 15) is 0 Å². The van der Waals surface area contributed by atoms with E-state index in [4.69, 9.17) is 4.42 Å². The lowest BCUT2D eigenvalue weighted by Crippen LogP contribution is -2.09. The van der Waals surface area contributed by atoms with Crippen molar-refractivity contribution in [3.05, 3.63) is 181 Å². The molecule has 1 unspecified atom stereocenters. The van der Waals surface area contributed by atoms with Gasteiger partial charge >= 0.3 is 0 Å². The summed E-state index contributed by atoms with van der Waals surface area (Å²) < 4.78 is 8.87. The maximum absolute atomic E-state index is 6.21. The average molecular weight is 686 g/mol. The monoisotopic (exact) mass is 685 g/mol. The first-order chi connectivity index (χ1) is 25.7. The van der Waals surface area contributed by atoms with Gasteiger partial charge in [-0.05, 0) is 119 Å². The minimum atomic E-state index is 0.450. The van der Waals surface area contributed by atoms with E-state index in [0.29, 0.717) is 5.92 Å². The van der Waals surface area contributed by atoms with E-state index in [-0.39, 0.29) is 0 Å². The molecule has 10 rings (SSSR count). The van der Waals surface area contributed by atoms with Crippen LogP contribution in [0.4, 0.5) is 17.1 Å². The third-order valence-corrected chi connectivity index (χ3v) is 11.7. The van der Waals surface area contributed by atoms with Gasteiger partial charge in [-0.2, -0.15) is 0 Å². The Hall–Kier alpha value is -6.16. The Morgan fingerprint density at radius 3 is 1.69 bits per heavy atom. The lowest BCUT2D eigenvalue weighted by Gasteiger charge is -2.26. The number of nitrogens with zero attached hydrogens (tertiary/aromatic N) is 1. The van der Waals surface area contributed by atoms with Gasteiger partial charge in [-0.1, -0.05) is 110 Å². The molecular formula is C49H35NOS. The summed E-state index contributed by atoms with van der Waals surface area (Å²) in [5.74, 6) is 1.45. The molecule has 7 aromatic carbocycles. The number of hydrogen-bond donors (Lipinski definition) is 0. The number of anilines is 3. The maximum atomic E-state index is 6.21. The SMILES string of the molecule is CC1CC=Cc2oc3ccc(-c4ccc(N(c5ccc(-c6ccccc6)cc5)c5ccc(-c6ccc7sc8ccccc8c7c6)cc5)cc4)cc3c21. The molecule has 0 fully saturated rings. The van der Waals surface area contributed by atoms with Gasteiger partial charge in [0.2, 0.25) is 0 Å². The van der Waals surface area contributed by atoms with Crippen molar-refractivity contribution in [2.45, 2.75) is 19.3 Å². The molecule has 0 saturated heterocycles. The fourth-order valence-electron chi connectivity index (χ4n) is 7.84. The summed E-state index contributed by atoms with van der Waals surface area (Å²) in [5, 5.41) is 3.87. The van der Waals surface area contributed by atoms with Crippen molar-refractivity contribution >= 4 is 65.6 Å². The lowest BCUT2D eigenvalue weighted by atomic mass is 9.90. The van der Waals surface area contributed by atoms with Gasteiger partial charge in [0.05, 0.1) is 0 Å². The molecule has 1 aliphatic carbocycles. The van der Waals surface area contributed by atoms with Crippen molar-refractivity contribution in [3.63, 3.8) is 0 Å². The zero-order valence-electron chi connectivity index (χ0n) is 28.8. The predicted octanol–water partition coefficient (Wildman–Crippen LogP) is 14.8. The van der Waals surface area contributed by atoms with Crippen LogP contribution in [0.5, 0.6) is 0 Å². The highest BCUT2D eigenvalue weighted by molar-refractivity contribution is 7.25. The van der Waals surface area contributed by atoms with Crippen LogP contribution in [0.15, 0.2) is 174 Å². The molecule has 0 radical (unpaired) electrons. The highest BCUT2D eigenvalue weighted by Crippen LogP contribution is 2.42. The Morgan fingerprint density at radius 2 is 1.02 bits per heavy atom. The van der Waals surface area contributed by atoms with Crippen LogP contribution in [0.3, 0.4) is 0 Å². The van der Waals surface area contributed by atoms with E-state index < -0.39 is 0 Å². The van der Waals surface area contributed by atoms with Crippen LogP contribution < -0.4 is 4.90 Å². The van der Waals surface area contributed by atoms with Crippen molar-refractivity contribution in [2.24, 2.45) is 0 Å². The third-order valence-electron chi connectivity index (χ3n) is 10.5. The zero-order chi connectivity index (χ0) is 34.6. The second-order valence-electron chi connectivity index (χ2n) is 13.8. The van der Waals surface area contributed by atoms with Gasteiger partial charge in [-0.3, -0.25) is 0 Å². The first kappa shape index (κ1) is 30.6. The normalized spacial score (nSPS) is 13.9. The second kappa shape index (κ2) is 12.6. The molecule has 3 heteroatoms. The number of hydrogen-bond acceptors (Lipinski definition) is 3.